The van der Waals surface area contributed by atoms with Crippen molar-refractivity contribution in [3.63, 3.8) is 0 Å². The Morgan fingerprint density at radius 2 is 0.680 bits per heavy atom. The number of nitrogens with zero attached hydrogens (tertiary/aromatic N) is 10. The Kier molecular flexibility index (Phi) is 26.7. The summed E-state index contributed by atoms with van der Waals surface area (Å²) in [5.74, 6) is 2.65. The fourth-order valence-corrected chi connectivity index (χ4v) is 12.4. The number of aliphatic hydroxyl groups is 1. The SMILES string of the molecule is C=Cc1ccc(Cn2c(CN(Cc3nc4ccccc4n3Cc3ccc(C=C)cc3)CC(O)CN(Cc3nc4ccccc4n3Cc3ccc(C=C)cc3)Cc3nc4ccccc4n3Cc3ccc(C=C)cc3)nc3ccccc32)cc1.CC(=O)O.CCCCCS(=O)(=O)O.[Ni].[Ni]. The van der Waals surface area contributed by atoms with Crippen LogP contribution in [0.15, 0.2) is 220 Å². The third kappa shape index (κ3) is 20.0. The van der Waals surface area contributed by atoms with E-state index < -0.39 is 22.2 Å². The van der Waals surface area contributed by atoms with E-state index in [9.17, 15) is 13.5 Å². The molecule has 506 valence electrons. The Morgan fingerprint density at radius 1 is 0.443 bits per heavy atom. The second kappa shape index (κ2) is 35.2. The zero-order valence-electron chi connectivity index (χ0n) is 54.7. The number of aliphatic hydroxyl groups excluding tert-OH is 1. The molecule has 0 saturated carbocycles. The molecule has 0 fully saturated rings. The van der Waals surface area contributed by atoms with Crippen molar-refractivity contribution in [1.29, 1.82) is 0 Å². The van der Waals surface area contributed by atoms with Gasteiger partial charge >= 0.3 is 0 Å². The molecule has 0 unspecified atom stereocenters. The van der Waals surface area contributed by atoms with Crippen molar-refractivity contribution in [2.45, 2.75) is 91.6 Å². The molecule has 8 aromatic carbocycles. The molecule has 3 N–H and O–H groups in total. The maximum absolute atomic E-state index is 13.1. The normalized spacial score (nSPS) is 11.3. The van der Waals surface area contributed by atoms with Gasteiger partial charge in [0, 0.05) is 79.2 Å². The summed E-state index contributed by atoms with van der Waals surface area (Å²) in [5, 5.41) is 20.5. The van der Waals surface area contributed by atoms with Crippen molar-refractivity contribution in [1.82, 2.24) is 48.0 Å². The van der Waals surface area contributed by atoms with E-state index in [0.29, 0.717) is 71.9 Å². The predicted molar refractivity (Wildman–Crippen MR) is 385 cm³/mol. The molecule has 0 aliphatic carbocycles. The number of aromatic nitrogens is 8. The van der Waals surface area contributed by atoms with Gasteiger partial charge in [-0.15, -0.1) is 0 Å². The third-order valence-electron chi connectivity index (χ3n) is 16.6. The molecule has 12 aromatic rings. The zero-order valence-corrected chi connectivity index (χ0v) is 57.5. The number of fused-ring (bicyclic) bond motifs is 4. The molecule has 97 heavy (non-hydrogen) atoms. The van der Waals surface area contributed by atoms with Crippen LogP contribution >= 0.6 is 0 Å². The number of carboxylic acids is 1. The number of hydrogen-bond donors (Lipinski definition) is 3. The first kappa shape index (κ1) is 73.7. The fourth-order valence-electron chi connectivity index (χ4n) is 11.8. The Labute approximate surface area is 588 Å². The van der Waals surface area contributed by atoms with Crippen LogP contribution < -0.4 is 0 Å². The van der Waals surface area contributed by atoms with Gasteiger partial charge in [-0.05, 0) is 99.5 Å². The molecule has 0 radical (unpaired) electrons. The first-order valence-corrected chi connectivity index (χ1v) is 33.6. The summed E-state index contributed by atoms with van der Waals surface area (Å²) < 4.78 is 37.6. The number of carbonyl (C=O) groups is 1. The fraction of sp³-hybridized carbons (Fsp3) is 0.218. The molecule has 0 aliphatic rings. The van der Waals surface area contributed by atoms with Crippen molar-refractivity contribution < 1.29 is 61.0 Å². The van der Waals surface area contributed by atoms with E-state index in [1.165, 1.54) is 0 Å². The van der Waals surface area contributed by atoms with Crippen molar-refractivity contribution in [3.8, 4) is 0 Å². The van der Waals surface area contributed by atoms with E-state index >= 15 is 0 Å². The van der Waals surface area contributed by atoms with Crippen LogP contribution in [0.2, 0.25) is 0 Å². The molecule has 0 aliphatic heterocycles. The van der Waals surface area contributed by atoms with Gasteiger partial charge in [0.05, 0.1) is 82.2 Å². The monoisotopic (exact) mass is 1400 g/mol. The number of hydrogen-bond acceptors (Lipinski definition) is 10. The van der Waals surface area contributed by atoms with Crippen molar-refractivity contribution >= 4 is 84.5 Å². The van der Waals surface area contributed by atoms with Gasteiger partial charge < -0.3 is 28.5 Å². The molecule has 0 atom stereocenters. The molecule has 0 amide bonds. The largest absolute Gasteiger partial charge is 0.481 e. The molecule has 0 bridgehead atoms. The minimum absolute atomic E-state index is 0. The quantitative estimate of drug-likeness (QED) is 0.0239. The number of para-hydroxylation sites is 8. The first-order chi connectivity index (χ1) is 46.1. The van der Waals surface area contributed by atoms with Crippen LogP contribution in [0.5, 0.6) is 0 Å². The molecule has 0 spiro atoms. The molecule has 12 rings (SSSR count). The van der Waals surface area contributed by atoms with E-state index in [4.69, 9.17) is 34.4 Å². The van der Waals surface area contributed by atoms with Gasteiger partial charge in [-0.1, -0.05) is 216 Å². The van der Waals surface area contributed by atoms with E-state index in [0.717, 1.165) is 132 Å². The zero-order chi connectivity index (χ0) is 66.8. The van der Waals surface area contributed by atoms with Crippen LogP contribution in [-0.4, -0.2) is 102 Å². The summed E-state index contributed by atoms with van der Waals surface area (Å²) in [6.07, 6.45) is 9.03. The maximum atomic E-state index is 13.1. The molecule has 16 nitrogen and oxygen atoms in total. The Hall–Kier alpha value is -9.15. The second-order valence-corrected chi connectivity index (χ2v) is 25.3. The van der Waals surface area contributed by atoms with E-state index in [1.807, 2.05) is 55.5 Å². The number of carboxylic acid groups (broad SMARTS) is 1. The number of benzene rings is 8. The van der Waals surface area contributed by atoms with Gasteiger partial charge in [0.1, 0.15) is 23.3 Å². The van der Waals surface area contributed by atoms with Crippen LogP contribution in [0.1, 0.15) is 101 Å². The first-order valence-electron chi connectivity index (χ1n) is 32.0. The van der Waals surface area contributed by atoms with Crippen molar-refractivity contribution in [2.75, 3.05) is 18.8 Å². The predicted octanol–water partition coefficient (Wildman–Crippen LogP) is 15.1. The van der Waals surface area contributed by atoms with Crippen LogP contribution in [0.25, 0.3) is 68.4 Å². The number of aliphatic carboxylic acids is 1. The van der Waals surface area contributed by atoms with Crippen LogP contribution in [0.3, 0.4) is 0 Å². The summed E-state index contributed by atoms with van der Waals surface area (Å²) in [4.78, 5) is 35.0. The summed E-state index contributed by atoms with van der Waals surface area (Å²) >= 11 is 0. The number of rotatable bonds is 28. The molecule has 0 saturated heterocycles. The Bertz CT molecular complexity index is 4170. The summed E-state index contributed by atoms with van der Waals surface area (Å²) in [5.41, 5.74) is 16.8. The molecule has 19 heteroatoms. The maximum Gasteiger partial charge on any atom is 0.300 e. The van der Waals surface area contributed by atoms with E-state index in [2.05, 4.69) is 224 Å². The van der Waals surface area contributed by atoms with E-state index in [-0.39, 0.29) is 38.7 Å². The Balaban J connectivity index is 0.000000731. The second-order valence-electron chi connectivity index (χ2n) is 23.7. The van der Waals surface area contributed by atoms with Gasteiger partial charge in [0.25, 0.3) is 16.1 Å². The third-order valence-corrected chi connectivity index (χ3v) is 17.4. The van der Waals surface area contributed by atoms with Gasteiger partial charge in [0.15, 0.2) is 0 Å². The summed E-state index contributed by atoms with van der Waals surface area (Å²) in [6, 6.07) is 67.5. The average Bonchev–Trinajstić information content (AvgIpc) is 1.67. The van der Waals surface area contributed by atoms with Crippen molar-refractivity contribution in [3.05, 3.63) is 288 Å². The average molecular weight is 1410 g/mol. The Morgan fingerprint density at radius 3 is 0.897 bits per heavy atom. The van der Waals surface area contributed by atoms with Gasteiger partial charge in [-0.3, -0.25) is 19.1 Å². The topological polar surface area (TPSA) is 190 Å². The molecular weight excluding hydrogens is 1320 g/mol. The van der Waals surface area contributed by atoms with E-state index in [1.54, 1.807) is 0 Å². The minimum atomic E-state index is -3.70. The van der Waals surface area contributed by atoms with Crippen LogP contribution in [-0.2, 0) is 100 Å². The minimum Gasteiger partial charge on any atom is -0.481 e. The van der Waals surface area contributed by atoms with Crippen molar-refractivity contribution in [2.24, 2.45) is 0 Å². The standard InChI is InChI=1S/C71H66N10O.C5H12O3S.C2H4O2.2Ni/c1-5-51-25-33-55(34-26-51)41-78-64-21-13-9-17-60(64)72-68(78)47-76(48-69-73-61-18-10-14-22-65(61)79(69)42-56-35-27-52(6-2)28-36-56)45-59(82)46-77(49-70-74-62-19-11-15-23-66(62)80(70)43-57-37-29-53(7-3)30-38-57)50-71-75-63-20-12-16-24-67(63)81(71)44-58-39-31-54(8-4)32-40-58;1-2-3-4-5-9(6,7)8;1-2(3)4;;/h5-40,59,82H,1-4,41-50H2;2-5H2,1H3,(H,6,7,8);1H3,(H,3,4);;. The van der Waals surface area contributed by atoms with Gasteiger partial charge in [0.2, 0.25) is 0 Å². The molecule has 4 aromatic heterocycles. The van der Waals surface area contributed by atoms with Crippen LogP contribution in [0, 0.1) is 0 Å². The van der Waals surface area contributed by atoms with Crippen LogP contribution in [0.4, 0.5) is 0 Å². The number of unbranched alkanes of at least 4 members (excludes halogenated alkanes) is 2. The number of imidazole rings is 4. The van der Waals surface area contributed by atoms with Gasteiger partial charge in [-0.25, -0.2) is 19.9 Å². The molecular formula is C78H82N10Ni2O6S. The summed E-state index contributed by atoms with van der Waals surface area (Å²) in [7, 11) is -3.70. The molecule has 4 heterocycles. The smallest absolute Gasteiger partial charge is 0.300 e. The summed E-state index contributed by atoms with van der Waals surface area (Å²) in [6.45, 7) is 23.9. The van der Waals surface area contributed by atoms with Gasteiger partial charge in [-0.2, -0.15) is 8.42 Å².